The van der Waals surface area contributed by atoms with Gasteiger partial charge in [-0.2, -0.15) is 0 Å². The van der Waals surface area contributed by atoms with Crippen molar-refractivity contribution in [3.8, 4) is 0 Å². The first kappa shape index (κ1) is 23.0. The average molecular weight is 354 g/mol. The minimum atomic E-state index is -5.17. The molecule has 0 saturated carbocycles. The molecule has 4 N–H and O–H groups in total. The molecule has 0 amide bonds. The van der Waals surface area contributed by atoms with Crippen molar-refractivity contribution in [1.29, 1.82) is 0 Å². The number of carbonyl (C=O) groups is 3. The molecule has 0 atom stereocenters. The first-order chi connectivity index (χ1) is 7.78. The van der Waals surface area contributed by atoms with Gasteiger partial charge in [-0.25, -0.2) is 4.79 Å². The topological polar surface area (TPSA) is 212 Å². The fraction of sp³-hybridized carbons (Fsp3) is 0.500. The van der Waals surface area contributed by atoms with E-state index in [1.165, 1.54) is 0 Å². The van der Waals surface area contributed by atoms with E-state index in [1.807, 2.05) is 0 Å². The summed E-state index contributed by atoms with van der Waals surface area (Å²) >= 11 is 0. The van der Waals surface area contributed by atoms with Crippen LogP contribution in [0.3, 0.4) is 0 Å². The molecule has 19 heavy (non-hydrogen) atoms. The third-order valence-corrected chi connectivity index (χ3v) is 1.29. The molecule has 0 aliphatic carbocycles. The molecule has 0 unspecified atom stereocenters. The van der Waals surface area contributed by atoms with Gasteiger partial charge in [0.05, 0.1) is 12.8 Å². The summed E-state index contributed by atoms with van der Waals surface area (Å²) in [5.74, 6) is -5.02. The fourth-order valence-corrected chi connectivity index (χ4v) is 0.714. The second kappa shape index (κ2) is 8.88. The SMILES string of the molecule is O=C(O)CC(O)(CC(=O)O)C(=O)O.O=S(=O)([O-])[O-].[Zn+2]. The minimum absolute atomic E-state index is 0. The first-order valence-corrected chi connectivity index (χ1v) is 5.17. The van der Waals surface area contributed by atoms with Gasteiger partial charge in [-0.15, -0.1) is 0 Å². The van der Waals surface area contributed by atoms with Crippen LogP contribution in [0.15, 0.2) is 0 Å². The summed E-state index contributed by atoms with van der Waals surface area (Å²) < 4.78 is 34.1. The first-order valence-electron chi connectivity index (χ1n) is 3.84. The van der Waals surface area contributed by atoms with Crippen molar-refractivity contribution in [3.63, 3.8) is 0 Å². The van der Waals surface area contributed by atoms with Crippen LogP contribution < -0.4 is 0 Å². The van der Waals surface area contributed by atoms with E-state index in [0.717, 1.165) is 0 Å². The molecule has 0 heterocycles. The maximum absolute atomic E-state index is 10.3. The predicted octanol–water partition coefficient (Wildman–Crippen LogP) is -2.59. The standard InChI is InChI=1S/C6H8O7.H2O4S.Zn/c7-3(8)1-6(13,5(11)12)2-4(9)10;1-5(2,3)4;/h13H,1-2H2,(H,7,8)(H,9,10)(H,11,12);(H2,1,2,3,4);/q;;+2/p-2. The number of hydrogen-bond donors (Lipinski definition) is 4. The molecule has 0 aromatic heterocycles. The van der Waals surface area contributed by atoms with Crippen LogP contribution in [-0.4, -0.2) is 61.5 Å². The second-order valence-corrected chi connectivity index (χ2v) is 3.70. The summed E-state index contributed by atoms with van der Waals surface area (Å²) in [6.45, 7) is 0. The van der Waals surface area contributed by atoms with E-state index in [9.17, 15) is 14.4 Å². The number of hydrogen-bond acceptors (Lipinski definition) is 8. The fourth-order valence-electron chi connectivity index (χ4n) is 0.714. The smallest absolute Gasteiger partial charge is 0.759 e. The summed E-state index contributed by atoms with van der Waals surface area (Å²) in [5.41, 5.74) is -2.74. The second-order valence-electron chi connectivity index (χ2n) is 2.89. The van der Waals surface area contributed by atoms with Gasteiger partial charge < -0.3 is 29.5 Å². The van der Waals surface area contributed by atoms with Crippen LogP contribution in [0.2, 0.25) is 0 Å². The van der Waals surface area contributed by atoms with Crippen molar-refractivity contribution in [2.75, 3.05) is 0 Å². The Kier molecular flexibility index (Phi) is 10.7. The number of carboxylic acids is 3. The van der Waals surface area contributed by atoms with Gasteiger partial charge in [-0.3, -0.25) is 18.0 Å². The molecular weight excluding hydrogens is 346 g/mol. The Labute approximate surface area is 119 Å². The molecule has 0 rings (SSSR count). The van der Waals surface area contributed by atoms with Gasteiger partial charge in [0.2, 0.25) is 0 Å². The van der Waals surface area contributed by atoms with E-state index in [1.54, 1.807) is 0 Å². The Hall–Kier alpha value is -1.14. The van der Waals surface area contributed by atoms with Crippen LogP contribution in [-0.2, 0) is 44.3 Å². The molecule has 0 bridgehead atoms. The predicted molar refractivity (Wildman–Crippen MR) is 47.6 cm³/mol. The Bertz CT molecular complexity index is 402. The number of aliphatic hydroxyl groups is 1. The molecule has 0 aliphatic heterocycles. The maximum atomic E-state index is 10.3. The Morgan fingerprint density at radius 2 is 1.16 bits per heavy atom. The summed E-state index contributed by atoms with van der Waals surface area (Å²) in [4.78, 5) is 30.5. The van der Waals surface area contributed by atoms with Crippen LogP contribution in [0.1, 0.15) is 12.8 Å². The van der Waals surface area contributed by atoms with Crippen LogP contribution >= 0.6 is 0 Å². The van der Waals surface area contributed by atoms with Crippen molar-refractivity contribution in [1.82, 2.24) is 0 Å². The van der Waals surface area contributed by atoms with Gasteiger partial charge in [0.1, 0.15) is 0 Å². The molecule has 0 aliphatic rings. The van der Waals surface area contributed by atoms with Crippen molar-refractivity contribution in [2.45, 2.75) is 18.4 Å². The quantitative estimate of drug-likeness (QED) is 0.228. The van der Waals surface area contributed by atoms with E-state index in [2.05, 4.69) is 0 Å². The van der Waals surface area contributed by atoms with Crippen LogP contribution in [0.5, 0.6) is 0 Å². The summed E-state index contributed by atoms with van der Waals surface area (Å²) in [7, 11) is -5.17. The van der Waals surface area contributed by atoms with Crippen LogP contribution in [0, 0.1) is 0 Å². The normalized spacial score (nSPS) is 10.5. The number of aliphatic carboxylic acids is 3. The van der Waals surface area contributed by atoms with E-state index in [4.69, 9.17) is 37.9 Å². The third kappa shape index (κ3) is 16.9. The molecule has 11 nitrogen and oxygen atoms in total. The van der Waals surface area contributed by atoms with E-state index in [0.29, 0.717) is 0 Å². The van der Waals surface area contributed by atoms with Crippen LogP contribution in [0.25, 0.3) is 0 Å². The van der Waals surface area contributed by atoms with Gasteiger partial charge in [-0.05, 0) is 0 Å². The van der Waals surface area contributed by atoms with Gasteiger partial charge in [-0.1, -0.05) is 0 Å². The van der Waals surface area contributed by atoms with E-state index < -0.39 is 46.7 Å². The maximum Gasteiger partial charge on any atom is 2.00 e. The zero-order valence-corrected chi connectivity index (χ0v) is 13.0. The Balaban J connectivity index is -0.000000366. The average Bonchev–Trinajstić information content (AvgIpc) is 1.95. The van der Waals surface area contributed by atoms with Crippen molar-refractivity contribution >= 4 is 28.3 Å². The molecule has 0 spiro atoms. The molecule has 0 aromatic carbocycles. The monoisotopic (exact) mass is 352 g/mol. The molecular formula is C6H8O11SZn. The van der Waals surface area contributed by atoms with Crippen molar-refractivity contribution in [2.24, 2.45) is 0 Å². The molecule has 13 heteroatoms. The zero-order chi connectivity index (χ0) is 15.1. The van der Waals surface area contributed by atoms with Gasteiger partial charge >= 0.3 is 37.4 Å². The molecule has 0 aromatic rings. The molecule has 0 radical (unpaired) electrons. The third-order valence-electron chi connectivity index (χ3n) is 1.29. The summed E-state index contributed by atoms with van der Waals surface area (Å²) in [5, 5.41) is 33.8. The van der Waals surface area contributed by atoms with E-state index in [-0.39, 0.29) is 19.5 Å². The largest absolute Gasteiger partial charge is 2.00 e. The molecule has 106 valence electrons. The minimum Gasteiger partial charge on any atom is -0.759 e. The number of carboxylic acid groups (broad SMARTS) is 3. The van der Waals surface area contributed by atoms with Crippen LogP contribution in [0.4, 0.5) is 0 Å². The van der Waals surface area contributed by atoms with Gasteiger partial charge in [0.25, 0.3) is 0 Å². The number of rotatable bonds is 5. The summed E-state index contributed by atoms with van der Waals surface area (Å²) in [6, 6.07) is 0. The van der Waals surface area contributed by atoms with Crippen molar-refractivity contribution < 1.29 is 71.8 Å². The van der Waals surface area contributed by atoms with E-state index >= 15 is 0 Å². The van der Waals surface area contributed by atoms with Gasteiger partial charge in [0.15, 0.2) is 5.60 Å². The van der Waals surface area contributed by atoms with Crippen molar-refractivity contribution in [3.05, 3.63) is 0 Å². The molecule has 0 fully saturated rings. The molecule has 0 saturated heterocycles. The Morgan fingerprint density at radius 1 is 0.947 bits per heavy atom. The zero-order valence-electron chi connectivity index (χ0n) is 9.18. The Morgan fingerprint density at radius 3 is 1.26 bits per heavy atom. The summed E-state index contributed by atoms with van der Waals surface area (Å²) in [6.07, 6.45) is -2.29. The van der Waals surface area contributed by atoms with Gasteiger partial charge in [0, 0.05) is 10.4 Å².